The molecule has 1 fully saturated rings. The number of nitrogens with one attached hydrogen (secondary N) is 2. The molecule has 2 aromatic carbocycles. The van der Waals surface area contributed by atoms with E-state index in [4.69, 9.17) is 25.8 Å². The van der Waals surface area contributed by atoms with Gasteiger partial charge in [0.1, 0.15) is 0 Å². The molecule has 178 valence electrons. The monoisotopic (exact) mass is 495 g/mol. The first-order valence-corrected chi connectivity index (χ1v) is 12.3. The van der Waals surface area contributed by atoms with Crippen LogP contribution in [0, 0.1) is 0 Å². The van der Waals surface area contributed by atoms with Crippen LogP contribution in [0.5, 0.6) is 11.5 Å². The SMILES string of the molecule is CC(C)(NCC(=O)Nc1cc(S(=O)(=O)N2CCOCC2)ccc1Cl)c1ccc2c(c1)OCO2. The number of benzene rings is 2. The number of morpholine rings is 1. The van der Waals surface area contributed by atoms with E-state index in [-0.39, 0.29) is 47.9 Å². The van der Waals surface area contributed by atoms with Crippen LogP contribution in [0.15, 0.2) is 41.3 Å². The van der Waals surface area contributed by atoms with E-state index in [0.717, 1.165) is 5.56 Å². The third-order valence-electron chi connectivity index (χ3n) is 5.60. The molecule has 0 radical (unpaired) electrons. The summed E-state index contributed by atoms with van der Waals surface area (Å²) in [7, 11) is -3.71. The highest BCUT2D eigenvalue weighted by atomic mass is 35.5. The Labute approximate surface area is 198 Å². The fraction of sp³-hybridized carbons (Fsp3) is 0.409. The fourth-order valence-corrected chi connectivity index (χ4v) is 5.18. The van der Waals surface area contributed by atoms with Crippen molar-refractivity contribution < 1.29 is 27.4 Å². The van der Waals surface area contributed by atoms with Crippen molar-refractivity contribution in [1.82, 2.24) is 9.62 Å². The number of anilines is 1. The molecular formula is C22H26ClN3O6S. The Morgan fingerprint density at radius 2 is 1.82 bits per heavy atom. The maximum Gasteiger partial charge on any atom is 0.243 e. The molecule has 2 aliphatic heterocycles. The number of sulfonamides is 1. The molecule has 9 nitrogen and oxygen atoms in total. The lowest BCUT2D eigenvalue weighted by Crippen LogP contribution is -2.41. The van der Waals surface area contributed by atoms with Gasteiger partial charge in [-0.1, -0.05) is 17.7 Å². The smallest absolute Gasteiger partial charge is 0.243 e. The highest BCUT2D eigenvalue weighted by molar-refractivity contribution is 7.89. The van der Waals surface area contributed by atoms with Crippen molar-refractivity contribution in [2.24, 2.45) is 0 Å². The van der Waals surface area contributed by atoms with E-state index in [9.17, 15) is 13.2 Å². The summed E-state index contributed by atoms with van der Waals surface area (Å²) in [5.41, 5.74) is 0.624. The molecule has 2 aliphatic rings. The van der Waals surface area contributed by atoms with Gasteiger partial charge >= 0.3 is 0 Å². The number of rotatable bonds is 7. The van der Waals surface area contributed by atoms with Gasteiger partial charge in [-0.25, -0.2) is 8.42 Å². The van der Waals surface area contributed by atoms with Crippen LogP contribution >= 0.6 is 11.6 Å². The van der Waals surface area contributed by atoms with Gasteiger partial charge in [0.15, 0.2) is 11.5 Å². The molecule has 0 bridgehead atoms. The van der Waals surface area contributed by atoms with Crippen molar-refractivity contribution in [2.75, 3.05) is 45.0 Å². The molecule has 0 aromatic heterocycles. The molecular weight excluding hydrogens is 470 g/mol. The molecule has 0 atom stereocenters. The summed E-state index contributed by atoms with van der Waals surface area (Å²) in [5.74, 6) is 0.998. The lowest BCUT2D eigenvalue weighted by atomic mass is 9.94. The van der Waals surface area contributed by atoms with E-state index in [1.165, 1.54) is 22.5 Å². The van der Waals surface area contributed by atoms with Gasteiger partial charge in [0, 0.05) is 18.6 Å². The van der Waals surface area contributed by atoms with E-state index in [2.05, 4.69) is 10.6 Å². The zero-order valence-corrected chi connectivity index (χ0v) is 20.0. The van der Waals surface area contributed by atoms with Crippen LogP contribution in [-0.2, 0) is 25.1 Å². The van der Waals surface area contributed by atoms with Gasteiger partial charge in [-0.15, -0.1) is 0 Å². The number of fused-ring (bicyclic) bond motifs is 1. The molecule has 1 saturated heterocycles. The maximum atomic E-state index is 12.9. The summed E-state index contributed by atoms with van der Waals surface area (Å²) in [6, 6.07) is 9.91. The summed E-state index contributed by atoms with van der Waals surface area (Å²) in [5, 5.41) is 6.17. The molecule has 0 aliphatic carbocycles. The molecule has 0 unspecified atom stereocenters. The lowest BCUT2D eigenvalue weighted by Gasteiger charge is -2.27. The van der Waals surface area contributed by atoms with Crippen molar-refractivity contribution in [3.63, 3.8) is 0 Å². The van der Waals surface area contributed by atoms with Crippen LogP contribution in [0.4, 0.5) is 5.69 Å². The summed E-state index contributed by atoms with van der Waals surface area (Å²) in [6.07, 6.45) is 0. The van der Waals surface area contributed by atoms with E-state index < -0.39 is 15.6 Å². The van der Waals surface area contributed by atoms with Gasteiger partial charge in [-0.2, -0.15) is 4.31 Å². The molecule has 2 heterocycles. The molecule has 0 saturated carbocycles. The first-order valence-electron chi connectivity index (χ1n) is 10.5. The number of halogens is 1. The number of carbonyl (C=O) groups excluding carboxylic acids is 1. The summed E-state index contributed by atoms with van der Waals surface area (Å²) in [4.78, 5) is 12.7. The van der Waals surface area contributed by atoms with Crippen molar-refractivity contribution in [1.29, 1.82) is 0 Å². The second-order valence-corrected chi connectivity index (χ2v) is 10.6. The lowest BCUT2D eigenvalue weighted by molar-refractivity contribution is -0.115. The van der Waals surface area contributed by atoms with Crippen LogP contribution < -0.4 is 20.1 Å². The van der Waals surface area contributed by atoms with E-state index in [0.29, 0.717) is 24.7 Å². The van der Waals surface area contributed by atoms with Crippen molar-refractivity contribution in [3.05, 3.63) is 47.0 Å². The zero-order valence-electron chi connectivity index (χ0n) is 18.4. The molecule has 2 aromatic rings. The van der Waals surface area contributed by atoms with Crippen LogP contribution in [0.3, 0.4) is 0 Å². The topological polar surface area (TPSA) is 106 Å². The van der Waals surface area contributed by atoms with Gasteiger partial charge in [-0.05, 0) is 49.7 Å². The number of hydrogen-bond donors (Lipinski definition) is 2. The molecule has 4 rings (SSSR count). The Morgan fingerprint density at radius 3 is 2.58 bits per heavy atom. The molecule has 1 amide bonds. The first kappa shape index (κ1) is 23.8. The van der Waals surface area contributed by atoms with E-state index in [1.54, 1.807) is 0 Å². The van der Waals surface area contributed by atoms with Gasteiger partial charge in [0.2, 0.25) is 22.7 Å². The quantitative estimate of drug-likeness (QED) is 0.608. The van der Waals surface area contributed by atoms with Crippen LogP contribution in [-0.4, -0.2) is 58.3 Å². The number of ether oxygens (including phenoxy) is 3. The number of carbonyl (C=O) groups is 1. The Kier molecular flexibility index (Phi) is 6.83. The number of hydrogen-bond acceptors (Lipinski definition) is 7. The Hall–Kier alpha value is -2.37. The Bertz CT molecular complexity index is 1150. The van der Waals surface area contributed by atoms with E-state index in [1.807, 2.05) is 32.0 Å². The zero-order chi connectivity index (χ0) is 23.6. The second-order valence-electron chi connectivity index (χ2n) is 8.25. The highest BCUT2D eigenvalue weighted by Gasteiger charge is 2.28. The van der Waals surface area contributed by atoms with Gasteiger partial charge in [-0.3, -0.25) is 10.1 Å². The summed E-state index contributed by atoms with van der Waals surface area (Å²) in [6.45, 7) is 5.33. The largest absolute Gasteiger partial charge is 0.454 e. The van der Waals surface area contributed by atoms with Gasteiger partial charge in [0.05, 0.1) is 35.4 Å². The molecule has 11 heteroatoms. The second kappa shape index (κ2) is 9.47. The van der Waals surface area contributed by atoms with Crippen molar-refractivity contribution >= 4 is 33.2 Å². The predicted molar refractivity (Wildman–Crippen MR) is 123 cm³/mol. The predicted octanol–water partition coefficient (Wildman–Crippen LogP) is 2.55. The third-order valence-corrected chi connectivity index (χ3v) is 7.83. The standard InChI is InChI=1S/C22H26ClN3O6S/c1-22(2,15-3-6-19-20(11-15)32-14-31-19)24-13-21(27)25-18-12-16(4-5-17(18)23)33(28,29)26-7-9-30-10-8-26/h3-6,11-12,24H,7-10,13-14H2,1-2H3,(H,25,27). The first-order chi connectivity index (χ1) is 15.7. The summed E-state index contributed by atoms with van der Waals surface area (Å²) < 4.78 is 43.2. The average molecular weight is 496 g/mol. The van der Waals surface area contributed by atoms with E-state index >= 15 is 0 Å². The van der Waals surface area contributed by atoms with Crippen LogP contribution in [0.2, 0.25) is 5.02 Å². The van der Waals surface area contributed by atoms with Crippen LogP contribution in [0.25, 0.3) is 0 Å². The maximum absolute atomic E-state index is 12.9. The fourth-order valence-electron chi connectivity index (χ4n) is 3.58. The molecule has 2 N–H and O–H groups in total. The normalized spacial score (nSPS) is 16.6. The third kappa shape index (κ3) is 5.25. The summed E-state index contributed by atoms with van der Waals surface area (Å²) >= 11 is 6.23. The Balaban J connectivity index is 1.42. The molecule has 33 heavy (non-hydrogen) atoms. The van der Waals surface area contributed by atoms with Gasteiger partial charge < -0.3 is 19.5 Å². The Morgan fingerprint density at radius 1 is 1.09 bits per heavy atom. The van der Waals surface area contributed by atoms with Gasteiger partial charge in [0.25, 0.3) is 0 Å². The molecule has 0 spiro atoms. The van der Waals surface area contributed by atoms with Crippen molar-refractivity contribution in [3.8, 4) is 11.5 Å². The average Bonchev–Trinajstić information content (AvgIpc) is 3.28. The minimum atomic E-state index is -3.71. The number of amides is 1. The minimum Gasteiger partial charge on any atom is -0.454 e. The van der Waals surface area contributed by atoms with Crippen LogP contribution in [0.1, 0.15) is 19.4 Å². The number of nitrogens with zero attached hydrogens (tertiary/aromatic N) is 1. The minimum absolute atomic E-state index is 0.0157. The van der Waals surface area contributed by atoms with Crippen molar-refractivity contribution in [2.45, 2.75) is 24.3 Å². The highest BCUT2D eigenvalue weighted by Crippen LogP contribution is 2.35.